The number of aromatic nitrogens is 1. The van der Waals surface area contributed by atoms with E-state index in [9.17, 15) is 4.79 Å². The van der Waals surface area contributed by atoms with E-state index >= 15 is 0 Å². The summed E-state index contributed by atoms with van der Waals surface area (Å²) in [6, 6.07) is 7.00. The Labute approximate surface area is 129 Å². The maximum atomic E-state index is 12.2. The molecule has 0 aliphatic heterocycles. The number of pyridine rings is 1. The first kappa shape index (κ1) is 14.1. The Morgan fingerprint density at radius 3 is 2.95 bits per heavy atom. The number of hydrogen-bond donors (Lipinski definition) is 1. The molecule has 0 spiro atoms. The Bertz CT molecular complexity index is 619. The van der Waals surface area contributed by atoms with Crippen molar-refractivity contribution in [3.8, 4) is 5.75 Å². The molecule has 98 valence electrons. The second-order valence-electron chi connectivity index (χ2n) is 3.65. The second kappa shape index (κ2) is 6.21. The third-order valence-electron chi connectivity index (χ3n) is 2.43. The van der Waals surface area contributed by atoms with E-state index in [0.717, 1.165) is 3.57 Å². The molecule has 1 aromatic heterocycles. The summed E-state index contributed by atoms with van der Waals surface area (Å²) in [7, 11) is 1.49. The zero-order chi connectivity index (χ0) is 13.8. The van der Waals surface area contributed by atoms with Crippen LogP contribution in [0.25, 0.3) is 0 Å². The minimum Gasteiger partial charge on any atom is -0.494 e. The van der Waals surface area contributed by atoms with E-state index in [1.807, 2.05) is 6.07 Å². The van der Waals surface area contributed by atoms with Crippen molar-refractivity contribution in [2.24, 2.45) is 0 Å². The molecule has 0 aliphatic carbocycles. The molecule has 1 N–H and O–H groups in total. The lowest BCUT2D eigenvalue weighted by Crippen LogP contribution is -2.13. The summed E-state index contributed by atoms with van der Waals surface area (Å²) in [5.74, 6) is 0.130. The van der Waals surface area contributed by atoms with Crippen LogP contribution in [0.5, 0.6) is 5.75 Å². The monoisotopic (exact) mass is 388 g/mol. The normalized spacial score (nSPS) is 10.1. The molecule has 0 aliphatic rings. The van der Waals surface area contributed by atoms with Gasteiger partial charge in [-0.25, -0.2) is 0 Å². The predicted octanol–water partition coefficient (Wildman–Crippen LogP) is 3.60. The van der Waals surface area contributed by atoms with Gasteiger partial charge in [0.1, 0.15) is 5.75 Å². The van der Waals surface area contributed by atoms with Crippen molar-refractivity contribution in [1.29, 1.82) is 0 Å². The van der Waals surface area contributed by atoms with Gasteiger partial charge in [0.2, 0.25) is 0 Å². The standard InChI is InChI=1S/C13H10ClIN2O2/c1-19-12-7-16-5-4-9(12)13(18)17-11-6-8(15)2-3-10(11)14/h2-7H,1H3,(H,17,18). The number of benzene rings is 1. The lowest BCUT2D eigenvalue weighted by atomic mass is 10.2. The van der Waals surface area contributed by atoms with E-state index < -0.39 is 0 Å². The Kier molecular flexibility index (Phi) is 4.60. The molecular formula is C13H10ClIN2O2. The number of hydrogen-bond acceptors (Lipinski definition) is 3. The predicted molar refractivity (Wildman–Crippen MR) is 82.9 cm³/mol. The number of nitrogens with zero attached hydrogens (tertiary/aromatic N) is 1. The van der Waals surface area contributed by atoms with Crippen LogP contribution in [0.2, 0.25) is 5.02 Å². The molecule has 1 amide bonds. The third-order valence-corrected chi connectivity index (χ3v) is 3.43. The van der Waals surface area contributed by atoms with Crippen LogP contribution in [0.3, 0.4) is 0 Å². The fourth-order valence-corrected chi connectivity index (χ4v) is 2.17. The molecule has 0 saturated carbocycles. The average Bonchev–Trinajstić information content (AvgIpc) is 2.42. The molecule has 4 nitrogen and oxygen atoms in total. The van der Waals surface area contributed by atoms with Gasteiger partial charge in [-0.2, -0.15) is 0 Å². The Balaban J connectivity index is 2.28. The topological polar surface area (TPSA) is 51.2 Å². The van der Waals surface area contributed by atoms with Crippen molar-refractivity contribution < 1.29 is 9.53 Å². The molecule has 0 unspecified atom stereocenters. The van der Waals surface area contributed by atoms with Gasteiger partial charge in [0.15, 0.2) is 0 Å². The van der Waals surface area contributed by atoms with Crippen LogP contribution in [-0.2, 0) is 0 Å². The highest BCUT2D eigenvalue weighted by molar-refractivity contribution is 14.1. The smallest absolute Gasteiger partial charge is 0.259 e. The molecule has 6 heteroatoms. The number of carbonyl (C=O) groups excluding carboxylic acids is 1. The highest BCUT2D eigenvalue weighted by Crippen LogP contribution is 2.25. The summed E-state index contributed by atoms with van der Waals surface area (Å²) in [6.07, 6.45) is 3.03. The van der Waals surface area contributed by atoms with Crippen molar-refractivity contribution in [3.63, 3.8) is 0 Å². The molecule has 0 radical (unpaired) electrons. The average molecular weight is 389 g/mol. The van der Waals surface area contributed by atoms with Crippen LogP contribution < -0.4 is 10.1 Å². The number of ether oxygens (including phenoxy) is 1. The van der Waals surface area contributed by atoms with Gasteiger partial charge in [0, 0.05) is 9.77 Å². The lowest BCUT2D eigenvalue weighted by Gasteiger charge is -2.10. The number of anilines is 1. The first-order valence-corrected chi connectivity index (χ1v) is 6.82. The number of carbonyl (C=O) groups is 1. The maximum Gasteiger partial charge on any atom is 0.259 e. The van der Waals surface area contributed by atoms with E-state index in [1.165, 1.54) is 19.5 Å². The number of nitrogens with one attached hydrogen (secondary N) is 1. The van der Waals surface area contributed by atoms with Gasteiger partial charge in [0.05, 0.1) is 29.6 Å². The van der Waals surface area contributed by atoms with Crippen molar-refractivity contribution in [3.05, 3.63) is 50.8 Å². The Hall–Kier alpha value is -1.34. The fraction of sp³-hybridized carbons (Fsp3) is 0.0769. The first-order valence-electron chi connectivity index (χ1n) is 5.36. The molecular weight excluding hydrogens is 379 g/mol. The molecule has 2 aromatic rings. The summed E-state index contributed by atoms with van der Waals surface area (Å²) in [5, 5.41) is 3.25. The van der Waals surface area contributed by atoms with E-state index in [4.69, 9.17) is 16.3 Å². The molecule has 2 rings (SSSR count). The van der Waals surface area contributed by atoms with Crippen LogP contribution in [-0.4, -0.2) is 18.0 Å². The maximum absolute atomic E-state index is 12.2. The van der Waals surface area contributed by atoms with Gasteiger partial charge in [-0.05, 0) is 46.9 Å². The van der Waals surface area contributed by atoms with Crippen LogP contribution in [0.4, 0.5) is 5.69 Å². The minimum atomic E-state index is -0.289. The lowest BCUT2D eigenvalue weighted by molar-refractivity contribution is 0.102. The zero-order valence-electron chi connectivity index (χ0n) is 9.98. The zero-order valence-corrected chi connectivity index (χ0v) is 12.9. The Morgan fingerprint density at radius 1 is 1.42 bits per heavy atom. The van der Waals surface area contributed by atoms with Crippen LogP contribution in [0, 0.1) is 3.57 Å². The molecule has 0 saturated heterocycles. The fourth-order valence-electron chi connectivity index (χ4n) is 1.51. The highest BCUT2D eigenvalue weighted by Gasteiger charge is 2.13. The van der Waals surface area contributed by atoms with Crippen molar-refractivity contribution in [2.75, 3.05) is 12.4 Å². The summed E-state index contributed by atoms with van der Waals surface area (Å²) < 4.78 is 6.09. The molecule has 19 heavy (non-hydrogen) atoms. The molecule has 0 fully saturated rings. The van der Waals surface area contributed by atoms with Gasteiger partial charge in [-0.3, -0.25) is 9.78 Å². The van der Waals surface area contributed by atoms with E-state index in [2.05, 4.69) is 32.9 Å². The van der Waals surface area contributed by atoms with Gasteiger partial charge in [-0.1, -0.05) is 11.6 Å². The van der Waals surface area contributed by atoms with Gasteiger partial charge in [0.25, 0.3) is 5.91 Å². The molecule has 1 aromatic carbocycles. The van der Waals surface area contributed by atoms with E-state index in [-0.39, 0.29) is 5.91 Å². The van der Waals surface area contributed by atoms with Crippen LogP contribution >= 0.6 is 34.2 Å². The van der Waals surface area contributed by atoms with Gasteiger partial charge in [-0.15, -0.1) is 0 Å². The minimum absolute atomic E-state index is 0.289. The molecule has 0 bridgehead atoms. The second-order valence-corrected chi connectivity index (χ2v) is 5.31. The summed E-state index contributed by atoms with van der Waals surface area (Å²) in [5.41, 5.74) is 0.977. The van der Waals surface area contributed by atoms with Crippen molar-refractivity contribution in [2.45, 2.75) is 0 Å². The third kappa shape index (κ3) is 3.36. The van der Waals surface area contributed by atoms with E-state index in [1.54, 1.807) is 18.2 Å². The van der Waals surface area contributed by atoms with Gasteiger partial charge < -0.3 is 10.1 Å². The SMILES string of the molecule is COc1cnccc1C(=O)Nc1cc(I)ccc1Cl. The highest BCUT2D eigenvalue weighted by atomic mass is 127. The molecule has 0 atom stereocenters. The first-order chi connectivity index (χ1) is 9.11. The summed E-state index contributed by atoms with van der Waals surface area (Å²) >= 11 is 8.19. The largest absolute Gasteiger partial charge is 0.494 e. The van der Waals surface area contributed by atoms with Crippen LogP contribution in [0.1, 0.15) is 10.4 Å². The van der Waals surface area contributed by atoms with Crippen LogP contribution in [0.15, 0.2) is 36.7 Å². The van der Waals surface area contributed by atoms with Gasteiger partial charge >= 0.3 is 0 Å². The van der Waals surface area contributed by atoms with Crippen molar-refractivity contribution in [1.82, 2.24) is 4.98 Å². The number of halogens is 2. The number of rotatable bonds is 3. The number of amides is 1. The summed E-state index contributed by atoms with van der Waals surface area (Å²) in [6.45, 7) is 0. The van der Waals surface area contributed by atoms with E-state index in [0.29, 0.717) is 22.0 Å². The Morgan fingerprint density at radius 2 is 2.21 bits per heavy atom. The van der Waals surface area contributed by atoms with Crippen molar-refractivity contribution >= 4 is 45.8 Å². The quantitative estimate of drug-likeness (QED) is 0.818. The molecule has 1 heterocycles. The number of methoxy groups -OCH3 is 1. The summed E-state index contributed by atoms with van der Waals surface area (Å²) in [4.78, 5) is 16.1.